The average molecular weight is 200 g/mol. The maximum absolute atomic E-state index is 2.37. The van der Waals surface area contributed by atoms with Crippen LogP contribution in [0.2, 0.25) is 0 Å². The van der Waals surface area contributed by atoms with E-state index in [2.05, 4.69) is 47.6 Å². The van der Waals surface area contributed by atoms with Crippen LogP contribution in [0.1, 0.15) is 41.5 Å². The van der Waals surface area contributed by atoms with E-state index in [9.17, 15) is 0 Å². The molecule has 0 spiro atoms. The Morgan fingerprint density at radius 2 is 1.47 bits per heavy atom. The molecule has 0 aromatic heterocycles. The van der Waals surface area contributed by atoms with E-state index in [0.717, 1.165) is 0 Å². The standard InChI is InChI=1S/C15H20/c1-8-7-14-12(5)10(3)11(4)13(6)15(14)9(8)2/h7,12H,1-6H3. The average Bonchev–Trinajstić information content (AvgIpc) is 2.50. The predicted octanol–water partition coefficient (Wildman–Crippen LogP) is 4.57. The lowest BCUT2D eigenvalue weighted by molar-refractivity contribution is 0.782. The van der Waals surface area contributed by atoms with Gasteiger partial charge in [-0.2, -0.15) is 0 Å². The molecule has 0 radical (unpaired) electrons. The third-order valence-electron chi connectivity index (χ3n) is 4.27. The summed E-state index contributed by atoms with van der Waals surface area (Å²) in [5, 5.41) is 0. The van der Waals surface area contributed by atoms with Gasteiger partial charge < -0.3 is 0 Å². The molecule has 0 aliphatic heterocycles. The second-order valence-electron chi connectivity index (χ2n) is 4.94. The molecule has 80 valence electrons. The monoisotopic (exact) mass is 200 g/mol. The first-order valence-electron chi connectivity index (χ1n) is 5.73. The van der Waals surface area contributed by atoms with Gasteiger partial charge in [-0.15, -0.1) is 0 Å². The van der Waals surface area contributed by atoms with Crippen LogP contribution in [0.3, 0.4) is 0 Å². The summed E-state index contributed by atoms with van der Waals surface area (Å²) in [4.78, 5) is 0. The highest BCUT2D eigenvalue weighted by Crippen LogP contribution is 2.45. The third-order valence-corrected chi connectivity index (χ3v) is 4.27. The smallest absolute Gasteiger partial charge is 0.00291 e. The Bertz CT molecular complexity index is 450. The molecular weight excluding hydrogens is 180 g/mol. The highest BCUT2D eigenvalue weighted by Gasteiger charge is 2.28. The SMILES string of the molecule is CC1=C(C)C2=C(C)C(C)=C(C)C(C)C2=C1. The molecule has 2 aliphatic carbocycles. The minimum Gasteiger partial charge on any atom is -0.0629 e. The maximum atomic E-state index is 2.37. The molecule has 0 N–H and O–H groups in total. The molecule has 0 aromatic carbocycles. The van der Waals surface area contributed by atoms with Crippen molar-refractivity contribution in [3.8, 4) is 0 Å². The van der Waals surface area contributed by atoms with Crippen LogP contribution in [0.5, 0.6) is 0 Å². The minimum atomic E-state index is 0.594. The van der Waals surface area contributed by atoms with Crippen molar-refractivity contribution in [1.29, 1.82) is 0 Å². The van der Waals surface area contributed by atoms with Crippen LogP contribution in [0.4, 0.5) is 0 Å². The van der Waals surface area contributed by atoms with Crippen LogP contribution in [0.25, 0.3) is 0 Å². The molecular formula is C15H20. The highest BCUT2D eigenvalue weighted by atomic mass is 14.3. The molecule has 0 nitrogen and oxygen atoms in total. The van der Waals surface area contributed by atoms with E-state index in [0.29, 0.717) is 5.92 Å². The van der Waals surface area contributed by atoms with Crippen LogP contribution in [0.15, 0.2) is 45.1 Å². The van der Waals surface area contributed by atoms with E-state index in [1.807, 2.05) is 0 Å². The van der Waals surface area contributed by atoms with E-state index < -0.39 is 0 Å². The van der Waals surface area contributed by atoms with Gasteiger partial charge in [0.05, 0.1) is 0 Å². The number of hydrogen-bond donors (Lipinski definition) is 0. The predicted molar refractivity (Wildman–Crippen MR) is 66.7 cm³/mol. The van der Waals surface area contributed by atoms with Crippen LogP contribution in [-0.4, -0.2) is 0 Å². The van der Waals surface area contributed by atoms with E-state index >= 15 is 0 Å². The van der Waals surface area contributed by atoms with E-state index in [1.165, 1.54) is 39.0 Å². The Morgan fingerprint density at radius 3 is 2.07 bits per heavy atom. The zero-order chi connectivity index (χ0) is 11.3. The van der Waals surface area contributed by atoms with Gasteiger partial charge in [0.25, 0.3) is 0 Å². The molecule has 0 saturated carbocycles. The molecule has 2 rings (SSSR count). The number of hydrogen-bond acceptors (Lipinski definition) is 0. The van der Waals surface area contributed by atoms with E-state index in [1.54, 1.807) is 0 Å². The molecule has 0 amide bonds. The van der Waals surface area contributed by atoms with Gasteiger partial charge in [-0.25, -0.2) is 0 Å². The summed E-state index contributed by atoms with van der Waals surface area (Å²) in [5.41, 5.74) is 10.5. The topological polar surface area (TPSA) is 0 Å². The van der Waals surface area contributed by atoms with Crippen molar-refractivity contribution in [1.82, 2.24) is 0 Å². The minimum absolute atomic E-state index is 0.594. The largest absolute Gasteiger partial charge is 0.0629 e. The van der Waals surface area contributed by atoms with Gasteiger partial charge in [-0.1, -0.05) is 18.6 Å². The Balaban J connectivity index is 2.68. The van der Waals surface area contributed by atoms with Crippen molar-refractivity contribution in [2.24, 2.45) is 5.92 Å². The lowest BCUT2D eigenvalue weighted by Crippen LogP contribution is -2.12. The molecule has 1 unspecified atom stereocenters. The fourth-order valence-corrected chi connectivity index (χ4v) is 2.71. The molecule has 0 aromatic rings. The molecule has 0 heteroatoms. The molecule has 0 saturated heterocycles. The van der Waals surface area contributed by atoms with Gasteiger partial charge in [0.2, 0.25) is 0 Å². The summed E-state index contributed by atoms with van der Waals surface area (Å²) in [6.45, 7) is 13.6. The fraction of sp³-hybridized carbons (Fsp3) is 0.467. The zero-order valence-electron chi connectivity index (χ0n) is 10.7. The number of fused-ring (bicyclic) bond motifs is 1. The first-order valence-corrected chi connectivity index (χ1v) is 5.73. The van der Waals surface area contributed by atoms with Crippen molar-refractivity contribution in [3.63, 3.8) is 0 Å². The van der Waals surface area contributed by atoms with E-state index in [-0.39, 0.29) is 0 Å². The quantitative estimate of drug-likeness (QED) is 0.537. The van der Waals surface area contributed by atoms with Crippen LogP contribution in [-0.2, 0) is 0 Å². The number of allylic oxidation sites excluding steroid dienone is 8. The lowest BCUT2D eigenvalue weighted by atomic mass is 9.77. The zero-order valence-corrected chi connectivity index (χ0v) is 10.7. The summed E-state index contributed by atoms with van der Waals surface area (Å²) in [6.07, 6.45) is 2.37. The fourth-order valence-electron chi connectivity index (χ4n) is 2.71. The summed E-state index contributed by atoms with van der Waals surface area (Å²) < 4.78 is 0. The first-order chi connectivity index (χ1) is 6.95. The van der Waals surface area contributed by atoms with Crippen molar-refractivity contribution < 1.29 is 0 Å². The van der Waals surface area contributed by atoms with Crippen molar-refractivity contribution in [2.75, 3.05) is 0 Å². The van der Waals surface area contributed by atoms with Crippen molar-refractivity contribution in [3.05, 3.63) is 45.1 Å². The number of rotatable bonds is 0. The summed E-state index contributed by atoms with van der Waals surface area (Å²) in [5.74, 6) is 0.594. The molecule has 0 fully saturated rings. The summed E-state index contributed by atoms with van der Waals surface area (Å²) in [7, 11) is 0. The summed E-state index contributed by atoms with van der Waals surface area (Å²) in [6, 6.07) is 0. The highest BCUT2D eigenvalue weighted by molar-refractivity contribution is 5.67. The van der Waals surface area contributed by atoms with E-state index in [4.69, 9.17) is 0 Å². The van der Waals surface area contributed by atoms with Gasteiger partial charge in [-0.05, 0) is 68.1 Å². The second kappa shape index (κ2) is 3.23. The Morgan fingerprint density at radius 1 is 0.867 bits per heavy atom. The normalized spacial score (nSPS) is 26.3. The van der Waals surface area contributed by atoms with Crippen LogP contribution >= 0.6 is 0 Å². The maximum Gasteiger partial charge on any atom is 0.00291 e. The third kappa shape index (κ3) is 1.27. The van der Waals surface area contributed by atoms with Crippen molar-refractivity contribution in [2.45, 2.75) is 41.5 Å². The molecule has 0 bridgehead atoms. The van der Waals surface area contributed by atoms with Gasteiger partial charge >= 0.3 is 0 Å². The van der Waals surface area contributed by atoms with Crippen molar-refractivity contribution >= 4 is 0 Å². The van der Waals surface area contributed by atoms with Gasteiger partial charge in [0.1, 0.15) is 0 Å². The molecule has 1 atom stereocenters. The van der Waals surface area contributed by atoms with Gasteiger partial charge in [0, 0.05) is 5.92 Å². The first kappa shape index (κ1) is 10.5. The van der Waals surface area contributed by atoms with Crippen LogP contribution < -0.4 is 0 Å². The van der Waals surface area contributed by atoms with Gasteiger partial charge in [0.15, 0.2) is 0 Å². The summed E-state index contributed by atoms with van der Waals surface area (Å²) >= 11 is 0. The Hall–Kier alpha value is -1.04. The van der Waals surface area contributed by atoms with Gasteiger partial charge in [-0.3, -0.25) is 0 Å². The second-order valence-corrected chi connectivity index (χ2v) is 4.94. The molecule has 2 aliphatic rings. The molecule has 0 heterocycles. The molecule has 15 heavy (non-hydrogen) atoms. The van der Waals surface area contributed by atoms with Crippen LogP contribution in [0, 0.1) is 5.92 Å². The lowest BCUT2D eigenvalue weighted by Gasteiger charge is -2.27. The Kier molecular flexibility index (Phi) is 2.26. The Labute approximate surface area is 93.1 Å².